The Labute approximate surface area is 351 Å². The highest BCUT2D eigenvalue weighted by atomic mass is 16.4. The average Bonchev–Trinajstić information content (AvgIpc) is 3.96. The topological polar surface area (TPSA) is 167 Å². The Morgan fingerprint density at radius 1 is 0.550 bits per heavy atom. The van der Waals surface area contributed by atoms with Gasteiger partial charge in [0.15, 0.2) is 0 Å². The van der Waals surface area contributed by atoms with E-state index in [0.29, 0.717) is 11.9 Å². The molecule has 0 spiro atoms. The van der Waals surface area contributed by atoms with E-state index in [4.69, 9.17) is 15.6 Å². The molecule has 7 N–H and O–H groups in total. The predicted molar refractivity (Wildman–Crippen MR) is 242 cm³/mol. The monoisotopic (exact) mass is 797 g/mol. The minimum Gasteiger partial charge on any atom is -0.481 e. The molecule has 0 saturated heterocycles. The molecule has 0 aliphatic rings. The number of hydrazine groups is 1. The summed E-state index contributed by atoms with van der Waals surface area (Å²) in [6.07, 6.45) is 9.30. The van der Waals surface area contributed by atoms with Crippen LogP contribution in [0.5, 0.6) is 0 Å². The second-order valence-electron chi connectivity index (χ2n) is 13.6. The zero-order valence-electron chi connectivity index (χ0n) is 34.0. The highest BCUT2D eigenvalue weighted by Gasteiger charge is 2.40. The van der Waals surface area contributed by atoms with Crippen molar-refractivity contribution in [3.05, 3.63) is 240 Å². The third-order valence-electron chi connectivity index (χ3n) is 9.57. The fourth-order valence-electron chi connectivity index (χ4n) is 7.33. The number of aromatic nitrogens is 4. The number of hydrogen-bond acceptors (Lipinski definition) is 7. The first-order valence-corrected chi connectivity index (χ1v) is 19.2. The Bertz CT molecular complexity index is 2280. The molecule has 304 valence electrons. The van der Waals surface area contributed by atoms with Crippen molar-refractivity contribution in [3.63, 3.8) is 0 Å². The Balaban J connectivity index is 0.000000203. The summed E-state index contributed by atoms with van der Waals surface area (Å²) in [6.45, 7) is 1.08. The molecule has 11 nitrogen and oxygen atoms in total. The predicted octanol–water partition coefficient (Wildman–Crippen LogP) is 8.16. The van der Waals surface area contributed by atoms with Gasteiger partial charge < -0.3 is 15.7 Å². The molecule has 0 amide bonds. The van der Waals surface area contributed by atoms with Gasteiger partial charge in [-0.2, -0.15) is 0 Å². The minimum atomic E-state index is -0.833. The van der Waals surface area contributed by atoms with Crippen molar-refractivity contribution in [1.29, 1.82) is 0 Å². The lowest BCUT2D eigenvalue weighted by molar-refractivity contribution is -0.134. The largest absolute Gasteiger partial charge is 0.481 e. The van der Waals surface area contributed by atoms with Crippen molar-refractivity contribution in [3.8, 4) is 0 Å². The number of anilines is 1. The fourth-order valence-corrected chi connectivity index (χ4v) is 7.33. The first-order valence-electron chi connectivity index (χ1n) is 19.2. The highest BCUT2D eigenvalue weighted by molar-refractivity contribution is 5.63. The molecule has 0 bridgehead atoms. The molecule has 0 radical (unpaired) electrons. The smallest absolute Gasteiger partial charge is 0.300 e. The first kappa shape index (κ1) is 43.5. The summed E-state index contributed by atoms with van der Waals surface area (Å²) in [5.74, 6) is 8.30. The van der Waals surface area contributed by atoms with Gasteiger partial charge in [-0.3, -0.25) is 25.6 Å². The normalized spacial score (nSPS) is 10.9. The maximum Gasteiger partial charge on any atom is 0.300 e. The SMILES string of the molecule is CC(=O)O.CN(C)C=Nc1nccn1C(c1ccccc1)(c1ccccc1)c1ccccc1.NN.Nc1nccn1C(c1ccccc1)(c1ccccc1)c1ccccc1. The van der Waals surface area contributed by atoms with E-state index in [-0.39, 0.29) is 0 Å². The number of nitrogen functional groups attached to an aromatic ring is 1. The van der Waals surface area contributed by atoms with Crippen molar-refractivity contribution >= 4 is 24.2 Å². The zero-order valence-corrected chi connectivity index (χ0v) is 34.0. The van der Waals surface area contributed by atoms with Crippen LogP contribution >= 0.6 is 0 Å². The second kappa shape index (κ2) is 21.2. The van der Waals surface area contributed by atoms with E-state index < -0.39 is 17.0 Å². The average molecular weight is 798 g/mol. The molecular weight excluding hydrogens is 747 g/mol. The molecule has 0 unspecified atom stereocenters. The van der Waals surface area contributed by atoms with Crippen molar-refractivity contribution < 1.29 is 9.90 Å². The lowest BCUT2D eigenvalue weighted by Gasteiger charge is -2.37. The van der Waals surface area contributed by atoms with E-state index in [1.165, 1.54) is 0 Å². The van der Waals surface area contributed by atoms with Crippen molar-refractivity contribution in [2.45, 2.75) is 18.0 Å². The Morgan fingerprint density at radius 2 is 0.817 bits per heavy atom. The van der Waals surface area contributed by atoms with E-state index in [1.54, 1.807) is 12.5 Å². The molecule has 0 aliphatic heterocycles. The van der Waals surface area contributed by atoms with Gasteiger partial charge in [0, 0.05) is 45.8 Å². The van der Waals surface area contributed by atoms with Crippen LogP contribution in [-0.4, -0.2) is 55.5 Å². The molecule has 2 aromatic heterocycles. The van der Waals surface area contributed by atoms with E-state index in [0.717, 1.165) is 40.3 Å². The summed E-state index contributed by atoms with van der Waals surface area (Å²) in [5.41, 5.74) is 12.0. The maximum atomic E-state index is 9.00. The van der Waals surface area contributed by atoms with Gasteiger partial charge >= 0.3 is 0 Å². The van der Waals surface area contributed by atoms with Gasteiger partial charge in [-0.15, -0.1) is 0 Å². The number of carboxylic acid groups (broad SMARTS) is 1. The van der Waals surface area contributed by atoms with Crippen LogP contribution in [0.2, 0.25) is 0 Å². The van der Waals surface area contributed by atoms with Gasteiger partial charge in [-0.05, 0) is 33.4 Å². The van der Waals surface area contributed by atoms with Gasteiger partial charge in [0.2, 0.25) is 11.9 Å². The first-order chi connectivity index (χ1) is 29.3. The molecule has 8 aromatic rings. The third kappa shape index (κ3) is 9.56. The van der Waals surface area contributed by atoms with Crippen LogP contribution in [0.15, 0.2) is 212 Å². The number of carbonyl (C=O) groups is 1. The minimum absolute atomic E-state index is 0.483. The number of hydrogen-bond donors (Lipinski definition) is 4. The van der Waals surface area contributed by atoms with Crippen LogP contribution in [0.3, 0.4) is 0 Å². The number of aliphatic imine (C=N–C) groups is 1. The summed E-state index contributed by atoms with van der Waals surface area (Å²) in [7, 11) is 3.91. The van der Waals surface area contributed by atoms with Crippen LogP contribution in [0.4, 0.5) is 11.9 Å². The number of nitrogens with two attached hydrogens (primary N) is 3. The highest BCUT2D eigenvalue weighted by Crippen LogP contribution is 2.43. The number of aliphatic carboxylic acids is 1. The molecule has 0 fully saturated rings. The zero-order chi connectivity index (χ0) is 42.8. The standard InChI is InChI=1S/C25H24N4.C22H19N3.C2H4O2.H4N2/c1-28(2)20-27-24-26-18-19-29(24)25(21-12-6-3-7-13-21,22-14-8-4-9-15-22)23-16-10-5-11-17-23;23-21-24-16-17-25(21)22(18-10-4-1-5-11-18,19-12-6-2-7-13-19)20-14-8-3-9-15-20;1-2(3)4;1-2/h3-20H,1-2H3;1-17H,(H2,23,24);1H3,(H,3,4);1-2H2. The van der Waals surface area contributed by atoms with E-state index in [1.807, 2.05) is 78.6 Å². The van der Waals surface area contributed by atoms with E-state index in [2.05, 4.69) is 177 Å². The molecule has 0 atom stereocenters. The molecule has 60 heavy (non-hydrogen) atoms. The Hall–Kier alpha value is -7.60. The summed E-state index contributed by atoms with van der Waals surface area (Å²) in [4.78, 5) is 24.4. The van der Waals surface area contributed by atoms with Gasteiger partial charge in [0.1, 0.15) is 11.1 Å². The number of nitrogens with zero attached hydrogens (tertiary/aromatic N) is 6. The van der Waals surface area contributed by atoms with Crippen molar-refractivity contribution in [2.75, 3.05) is 19.8 Å². The van der Waals surface area contributed by atoms with Crippen LogP contribution in [0.25, 0.3) is 0 Å². The van der Waals surface area contributed by atoms with Crippen LogP contribution < -0.4 is 17.4 Å². The number of rotatable bonds is 10. The second-order valence-corrected chi connectivity index (χ2v) is 13.6. The molecule has 6 aromatic carbocycles. The lowest BCUT2D eigenvalue weighted by Crippen LogP contribution is -2.38. The number of benzene rings is 6. The Morgan fingerprint density at radius 3 is 1.08 bits per heavy atom. The summed E-state index contributed by atoms with van der Waals surface area (Å²) in [6, 6.07) is 62.9. The molecule has 8 rings (SSSR count). The number of imidazole rings is 2. The molecule has 0 saturated carbocycles. The quantitative estimate of drug-likeness (QED) is 0.0354. The molecular formula is C49H51N9O2. The maximum absolute atomic E-state index is 9.00. The summed E-state index contributed by atoms with van der Waals surface area (Å²) >= 11 is 0. The van der Waals surface area contributed by atoms with Gasteiger partial charge in [-0.1, -0.05) is 182 Å². The lowest BCUT2D eigenvalue weighted by atomic mass is 9.76. The molecule has 0 aliphatic carbocycles. The van der Waals surface area contributed by atoms with Gasteiger partial charge in [-0.25, -0.2) is 15.0 Å². The van der Waals surface area contributed by atoms with E-state index in [9.17, 15) is 0 Å². The van der Waals surface area contributed by atoms with Crippen molar-refractivity contribution in [2.24, 2.45) is 16.7 Å². The van der Waals surface area contributed by atoms with Crippen LogP contribution in [-0.2, 0) is 15.9 Å². The van der Waals surface area contributed by atoms with Gasteiger partial charge in [0.25, 0.3) is 5.97 Å². The number of carboxylic acids is 1. The van der Waals surface area contributed by atoms with Gasteiger partial charge in [0.05, 0.1) is 6.34 Å². The summed E-state index contributed by atoms with van der Waals surface area (Å²) in [5, 5.41) is 7.42. The summed E-state index contributed by atoms with van der Waals surface area (Å²) < 4.78 is 4.21. The Kier molecular flexibility index (Phi) is 15.4. The molecule has 11 heteroatoms. The molecule has 2 heterocycles. The fraction of sp³-hybridized carbons (Fsp3) is 0.102. The third-order valence-corrected chi connectivity index (χ3v) is 9.57. The van der Waals surface area contributed by atoms with Crippen LogP contribution in [0.1, 0.15) is 40.3 Å². The van der Waals surface area contributed by atoms with E-state index >= 15 is 0 Å². The van der Waals surface area contributed by atoms with Crippen LogP contribution in [0, 0.1) is 0 Å². The van der Waals surface area contributed by atoms with Crippen molar-refractivity contribution in [1.82, 2.24) is 24.0 Å².